The lowest BCUT2D eigenvalue weighted by Crippen LogP contribution is -2.44. The highest BCUT2D eigenvalue weighted by Crippen LogP contribution is 2.32. The van der Waals surface area contributed by atoms with Crippen LogP contribution in [0.2, 0.25) is 0 Å². The molecule has 1 aliphatic heterocycles. The van der Waals surface area contributed by atoms with Crippen LogP contribution in [0.4, 0.5) is 11.6 Å². The number of fused-ring (bicyclic) bond motifs is 2. The lowest BCUT2D eigenvalue weighted by atomic mass is 9.91. The van der Waals surface area contributed by atoms with E-state index in [9.17, 15) is 4.79 Å². The summed E-state index contributed by atoms with van der Waals surface area (Å²) in [6, 6.07) is 7.78. The summed E-state index contributed by atoms with van der Waals surface area (Å²) < 4.78 is 0. The van der Waals surface area contributed by atoms with Gasteiger partial charge >= 0.3 is 0 Å². The molecule has 5 nitrogen and oxygen atoms in total. The van der Waals surface area contributed by atoms with E-state index in [1.54, 1.807) is 4.90 Å². The van der Waals surface area contributed by atoms with Gasteiger partial charge in [0.25, 0.3) is 0 Å². The van der Waals surface area contributed by atoms with E-state index in [1.165, 1.54) is 0 Å². The Labute approximate surface area is 131 Å². The van der Waals surface area contributed by atoms with Crippen LogP contribution in [0.1, 0.15) is 27.2 Å². The maximum atomic E-state index is 12.7. The van der Waals surface area contributed by atoms with Crippen molar-refractivity contribution >= 4 is 28.6 Å². The second-order valence-electron chi connectivity index (χ2n) is 7.06. The Morgan fingerprint density at radius 1 is 1.09 bits per heavy atom. The zero-order chi connectivity index (χ0) is 15.9. The molecule has 0 bridgehead atoms. The van der Waals surface area contributed by atoms with E-state index < -0.39 is 0 Å². The van der Waals surface area contributed by atoms with E-state index in [2.05, 4.69) is 25.7 Å². The minimum Gasteiger partial charge on any atom is -0.355 e. The number of likely N-dealkylation sites (N-methyl/N-ethyl adjacent to an activating group) is 1. The summed E-state index contributed by atoms with van der Waals surface area (Å²) in [4.78, 5) is 25.9. The van der Waals surface area contributed by atoms with E-state index in [-0.39, 0.29) is 11.3 Å². The van der Waals surface area contributed by atoms with Gasteiger partial charge in [-0.3, -0.25) is 9.69 Å². The molecule has 0 aliphatic carbocycles. The van der Waals surface area contributed by atoms with Crippen molar-refractivity contribution in [3.05, 3.63) is 24.3 Å². The van der Waals surface area contributed by atoms with E-state index in [0.717, 1.165) is 23.4 Å². The summed E-state index contributed by atoms with van der Waals surface area (Å²) in [5.41, 5.74) is 1.65. The van der Waals surface area contributed by atoms with Gasteiger partial charge in [-0.2, -0.15) is 0 Å². The lowest BCUT2D eigenvalue weighted by Gasteiger charge is -2.35. The highest BCUT2D eigenvalue weighted by atomic mass is 16.2. The number of carbonyl (C=O) groups excluding carboxylic acids is 1. The summed E-state index contributed by atoms with van der Waals surface area (Å²) in [6.07, 6.45) is 0.505. The molecule has 5 heteroatoms. The molecule has 116 valence electrons. The van der Waals surface area contributed by atoms with Crippen LogP contribution >= 0.6 is 0 Å². The monoisotopic (exact) mass is 298 g/mol. The van der Waals surface area contributed by atoms with Gasteiger partial charge in [0.2, 0.25) is 5.91 Å². The molecule has 0 unspecified atom stereocenters. The molecule has 2 aromatic rings. The number of rotatable bonds is 1. The molecule has 1 aromatic heterocycles. The van der Waals surface area contributed by atoms with Crippen molar-refractivity contribution in [3.8, 4) is 0 Å². The summed E-state index contributed by atoms with van der Waals surface area (Å²) in [5.74, 6) is 1.58. The van der Waals surface area contributed by atoms with Gasteiger partial charge in [0, 0.05) is 26.6 Å². The van der Waals surface area contributed by atoms with Crippen molar-refractivity contribution in [3.63, 3.8) is 0 Å². The van der Waals surface area contributed by atoms with E-state index >= 15 is 0 Å². The summed E-state index contributed by atoms with van der Waals surface area (Å²) in [6.45, 7) is 7.66. The largest absolute Gasteiger partial charge is 0.355 e. The molecule has 0 spiro atoms. The molecule has 0 atom stereocenters. The lowest BCUT2D eigenvalue weighted by molar-refractivity contribution is -0.120. The third kappa shape index (κ3) is 2.75. The Kier molecular flexibility index (Phi) is 3.51. The van der Waals surface area contributed by atoms with Gasteiger partial charge in [0.05, 0.1) is 11.0 Å². The van der Waals surface area contributed by atoms with Crippen molar-refractivity contribution in [1.29, 1.82) is 0 Å². The van der Waals surface area contributed by atoms with Crippen LogP contribution in [0.5, 0.6) is 0 Å². The van der Waals surface area contributed by atoms with Crippen LogP contribution in [0.25, 0.3) is 11.0 Å². The number of anilines is 2. The fraction of sp³-hybridized carbons (Fsp3) is 0.471. The van der Waals surface area contributed by atoms with Crippen LogP contribution in [0, 0.1) is 5.41 Å². The number of carbonyl (C=O) groups is 1. The molecule has 22 heavy (non-hydrogen) atoms. The highest BCUT2D eigenvalue weighted by Gasteiger charge is 2.30. The van der Waals surface area contributed by atoms with Crippen LogP contribution < -0.4 is 9.80 Å². The maximum Gasteiger partial charge on any atom is 0.228 e. The Morgan fingerprint density at radius 3 is 2.27 bits per heavy atom. The van der Waals surface area contributed by atoms with Gasteiger partial charge in [-0.15, -0.1) is 0 Å². The smallest absolute Gasteiger partial charge is 0.228 e. The summed E-state index contributed by atoms with van der Waals surface area (Å²) in [5, 5.41) is 0. The average Bonchev–Trinajstić information content (AvgIpc) is 2.44. The SMILES string of the molecule is CN1CCN(C(=O)CC(C)(C)C)c2nc3ccccc3nc21. The second-order valence-corrected chi connectivity index (χ2v) is 7.06. The second kappa shape index (κ2) is 5.23. The zero-order valence-electron chi connectivity index (χ0n) is 13.6. The third-order valence-corrected chi connectivity index (χ3v) is 3.79. The Bertz CT molecular complexity index is 720. The molecule has 0 saturated heterocycles. The number of aromatic nitrogens is 2. The predicted octanol–water partition coefficient (Wildman–Crippen LogP) is 2.85. The number of hydrogen-bond donors (Lipinski definition) is 0. The molecule has 3 rings (SSSR count). The third-order valence-electron chi connectivity index (χ3n) is 3.79. The first-order valence-electron chi connectivity index (χ1n) is 7.63. The Hall–Kier alpha value is -2.17. The van der Waals surface area contributed by atoms with Crippen LogP contribution in [0.15, 0.2) is 24.3 Å². The van der Waals surface area contributed by atoms with Crippen molar-refractivity contribution in [1.82, 2.24) is 9.97 Å². The number of hydrogen-bond acceptors (Lipinski definition) is 4. The molecule has 0 saturated carbocycles. The first-order chi connectivity index (χ1) is 10.3. The Balaban J connectivity index is 2.05. The maximum absolute atomic E-state index is 12.7. The van der Waals surface area contributed by atoms with Crippen molar-refractivity contribution in [2.24, 2.45) is 5.41 Å². The quantitative estimate of drug-likeness (QED) is 0.812. The fourth-order valence-electron chi connectivity index (χ4n) is 2.67. The molecule has 1 aromatic carbocycles. The van der Waals surface area contributed by atoms with E-state index in [0.29, 0.717) is 18.8 Å². The minimum absolute atomic E-state index is 0.0368. The van der Waals surface area contributed by atoms with Crippen molar-refractivity contribution in [2.45, 2.75) is 27.2 Å². The number of benzene rings is 1. The first kappa shape index (κ1) is 14.8. The predicted molar refractivity (Wildman–Crippen MR) is 89.2 cm³/mol. The van der Waals surface area contributed by atoms with E-state index in [4.69, 9.17) is 9.97 Å². The van der Waals surface area contributed by atoms with Gasteiger partial charge in [0.15, 0.2) is 11.6 Å². The molecular formula is C17H22N4O. The van der Waals surface area contributed by atoms with E-state index in [1.807, 2.05) is 31.3 Å². The summed E-state index contributed by atoms with van der Waals surface area (Å²) in [7, 11) is 1.99. The molecule has 1 amide bonds. The highest BCUT2D eigenvalue weighted by molar-refractivity contribution is 5.97. The molecule has 1 aliphatic rings. The first-order valence-corrected chi connectivity index (χ1v) is 7.63. The summed E-state index contributed by atoms with van der Waals surface area (Å²) >= 11 is 0. The molecule has 0 fully saturated rings. The molecule has 2 heterocycles. The molecule has 0 radical (unpaired) electrons. The normalized spacial score (nSPS) is 15.1. The standard InChI is InChI=1S/C17H22N4O/c1-17(2,3)11-14(22)21-10-9-20(4)15-16(21)19-13-8-6-5-7-12(13)18-15/h5-8H,9-11H2,1-4H3. The topological polar surface area (TPSA) is 49.3 Å². The molecule has 0 N–H and O–H groups in total. The Morgan fingerprint density at radius 2 is 1.68 bits per heavy atom. The van der Waals surface area contributed by atoms with Crippen LogP contribution in [-0.2, 0) is 4.79 Å². The fourth-order valence-corrected chi connectivity index (χ4v) is 2.67. The van der Waals surface area contributed by atoms with Gasteiger partial charge in [-0.05, 0) is 17.5 Å². The van der Waals surface area contributed by atoms with Gasteiger partial charge < -0.3 is 4.90 Å². The minimum atomic E-state index is -0.0368. The van der Waals surface area contributed by atoms with Crippen molar-refractivity contribution < 1.29 is 4.79 Å². The van der Waals surface area contributed by atoms with Gasteiger partial charge in [-0.1, -0.05) is 32.9 Å². The zero-order valence-corrected chi connectivity index (χ0v) is 13.6. The average molecular weight is 298 g/mol. The van der Waals surface area contributed by atoms with Gasteiger partial charge in [-0.25, -0.2) is 9.97 Å². The van der Waals surface area contributed by atoms with Crippen LogP contribution in [-0.4, -0.2) is 36.0 Å². The number of amides is 1. The van der Waals surface area contributed by atoms with Gasteiger partial charge in [0.1, 0.15) is 0 Å². The van der Waals surface area contributed by atoms with Crippen LogP contribution in [0.3, 0.4) is 0 Å². The van der Waals surface area contributed by atoms with Crippen molar-refractivity contribution in [2.75, 3.05) is 29.9 Å². The number of para-hydroxylation sites is 2. The molecular weight excluding hydrogens is 276 g/mol. The number of nitrogens with zero attached hydrogens (tertiary/aromatic N) is 4.